The molecule has 136 valence electrons. The van der Waals surface area contributed by atoms with E-state index in [1.165, 1.54) is 0 Å². The first-order chi connectivity index (χ1) is 12.6. The number of aliphatic hydroxyl groups excluding tert-OH is 1. The van der Waals surface area contributed by atoms with Gasteiger partial charge in [-0.2, -0.15) is 0 Å². The van der Waals surface area contributed by atoms with Crippen LogP contribution in [0.3, 0.4) is 0 Å². The van der Waals surface area contributed by atoms with Gasteiger partial charge >= 0.3 is 0 Å². The lowest BCUT2D eigenvalue weighted by Gasteiger charge is -2.12. The molecule has 0 aliphatic rings. The highest BCUT2D eigenvalue weighted by Gasteiger charge is 2.07. The Balaban J connectivity index is 1.39. The molecule has 7 heteroatoms. The summed E-state index contributed by atoms with van der Waals surface area (Å²) in [6, 6.07) is 11.4. The van der Waals surface area contributed by atoms with Crippen molar-refractivity contribution in [3.63, 3.8) is 0 Å². The second kappa shape index (κ2) is 8.75. The van der Waals surface area contributed by atoms with Crippen molar-refractivity contribution in [2.24, 2.45) is 0 Å². The minimum atomic E-state index is -0.621. The summed E-state index contributed by atoms with van der Waals surface area (Å²) in [5, 5.41) is 16.4. The van der Waals surface area contributed by atoms with E-state index in [9.17, 15) is 5.11 Å². The highest BCUT2D eigenvalue weighted by molar-refractivity contribution is 7.09. The summed E-state index contributed by atoms with van der Waals surface area (Å²) < 4.78 is 5.71. The summed E-state index contributed by atoms with van der Waals surface area (Å²) in [5.74, 6) is 1.25. The highest BCUT2D eigenvalue weighted by Crippen LogP contribution is 2.23. The monoisotopic (exact) mass is 370 g/mol. The lowest BCUT2D eigenvalue weighted by Crippen LogP contribution is -2.26. The van der Waals surface area contributed by atoms with Gasteiger partial charge in [-0.25, -0.2) is 9.97 Å². The molecule has 1 aromatic carbocycles. The number of aliphatic hydroxyl groups is 1. The number of rotatable bonds is 8. The molecule has 2 aromatic heterocycles. The number of nitrogens with two attached hydrogens (primary N) is 1. The number of nitrogens with zero attached hydrogens (tertiary/aromatic N) is 2. The van der Waals surface area contributed by atoms with E-state index in [0.717, 1.165) is 27.6 Å². The molecule has 0 saturated carbocycles. The van der Waals surface area contributed by atoms with Crippen LogP contribution >= 0.6 is 11.3 Å². The zero-order valence-corrected chi connectivity index (χ0v) is 15.4. The number of ether oxygens (including phenoxy) is 1. The maximum Gasteiger partial charge on any atom is 0.123 e. The van der Waals surface area contributed by atoms with E-state index in [0.29, 0.717) is 25.5 Å². The Labute approximate surface area is 156 Å². The van der Waals surface area contributed by atoms with Crippen LogP contribution in [0.25, 0.3) is 11.3 Å². The molecule has 0 fully saturated rings. The van der Waals surface area contributed by atoms with Crippen molar-refractivity contribution in [1.82, 2.24) is 15.3 Å². The van der Waals surface area contributed by atoms with Crippen LogP contribution in [-0.2, 0) is 0 Å². The number of thiazole rings is 1. The van der Waals surface area contributed by atoms with E-state index < -0.39 is 6.10 Å². The lowest BCUT2D eigenvalue weighted by molar-refractivity contribution is 0.171. The summed E-state index contributed by atoms with van der Waals surface area (Å²) in [6.45, 7) is 3.57. The van der Waals surface area contributed by atoms with Gasteiger partial charge in [-0.3, -0.25) is 0 Å². The van der Waals surface area contributed by atoms with Crippen molar-refractivity contribution in [3.8, 4) is 17.0 Å². The molecule has 6 nitrogen and oxygen atoms in total. The van der Waals surface area contributed by atoms with Gasteiger partial charge in [0, 0.05) is 35.8 Å². The maximum atomic E-state index is 10.1. The van der Waals surface area contributed by atoms with Gasteiger partial charge in [0.2, 0.25) is 0 Å². The minimum absolute atomic E-state index is 0.428. The summed E-state index contributed by atoms with van der Waals surface area (Å²) in [6.07, 6.45) is 0.966. The third kappa shape index (κ3) is 5.01. The third-order valence-electron chi connectivity index (χ3n) is 3.85. The Morgan fingerprint density at radius 2 is 2.04 bits per heavy atom. The number of hydrogen-bond acceptors (Lipinski definition) is 7. The van der Waals surface area contributed by atoms with Crippen LogP contribution < -0.4 is 15.8 Å². The molecule has 4 N–H and O–H groups in total. The smallest absolute Gasteiger partial charge is 0.123 e. The number of pyridine rings is 1. The van der Waals surface area contributed by atoms with E-state index in [2.05, 4.69) is 20.7 Å². The number of hydrogen-bond donors (Lipinski definition) is 3. The number of aryl methyl sites for hydroxylation is 1. The fraction of sp³-hybridized carbons (Fsp3) is 0.263. The highest BCUT2D eigenvalue weighted by atomic mass is 32.1. The number of nitrogen functional groups attached to an aromatic ring is 1. The number of aromatic nitrogens is 2. The molecular formula is C19H22N4O2S. The van der Waals surface area contributed by atoms with E-state index in [-0.39, 0.29) is 0 Å². The molecule has 0 saturated heterocycles. The average molecular weight is 370 g/mol. The molecule has 2 heterocycles. The van der Waals surface area contributed by atoms with Crippen LogP contribution in [0.15, 0.2) is 48.0 Å². The van der Waals surface area contributed by atoms with Crippen molar-refractivity contribution < 1.29 is 9.84 Å². The van der Waals surface area contributed by atoms with Crippen LogP contribution in [0.5, 0.6) is 5.75 Å². The van der Waals surface area contributed by atoms with Crippen molar-refractivity contribution in [3.05, 3.63) is 58.5 Å². The van der Waals surface area contributed by atoms with Crippen LogP contribution in [0, 0.1) is 6.92 Å². The number of anilines is 1. The van der Waals surface area contributed by atoms with Crippen LogP contribution in [0.4, 0.5) is 5.82 Å². The van der Waals surface area contributed by atoms with E-state index in [1.807, 2.05) is 31.2 Å². The fourth-order valence-corrected chi connectivity index (χ4v) is 3.05. The molecule has 0 bridgehead atoms. The van der Waals surface area contributed by atoms with Gasteiger partial charge in [0.15, 0.2) is 0 Å². The maximum absolute atomic E-state index is 10.1. The van der Waals surface area contributed by atoms with Crippen LogP contribution in [0.2, 0.25) is 0 Å². The van der Waals surface area contributed by atoms with Gasteiger partial charge in [-0.1, -0.05) is 6.07 Å². The molecule has 0 unspecified atom stereocenters. The van der Waals surface area contributed by atoms with E-state index in [4.69, 9.17) is 10.5 Å². The molecule has 3 aromatic rings. The van der Waals surface area contributed by atoms with Crippen LogP contribution in [-0.4, -0.2) is 34.8 Å². The van der Waals surface area contributed by atoms with Crippen molar-refractivity contribution >= 4 is 17.2 Å². The van der Waals surface area contributed by atoms with Gasteiger partial charge in [0.1, 0.15) is 18.2 Å². The van der Waals surface area contributed by atoms with Gasteiger partial charge in [-0.15, -0.1) is 11.3 Å². The van der Waals surface area contributed by atoms with Gasteiger partial charge in [0.25, 0.3) is 0 Å². The molecule has 0 radical (unpaired) electrons. The largest absolute Gasteiger partial charge is 0.492 e. The Kier molecular flexibility index (Phi) is 6.17. The average Bonchev–Trinajstić information content (AvgIpc) is 3.09. The Bertz CT molecular complexity index is 818. The first-order valence-electron chi connectivity index (χ1n) is 8.37. The lowest BCUT2D eigenvalue weighted by atomic mass is 10.1. The van der Waals surface area contributed by atoms with Gasteiger partial charge in [-0.05, 0) is 37.3 Å². The molecule has 0 spiro atoms. The Hall–Kier alpha value is -2.48. The zero-order chi connectivity index (χ0) is 18.4. The molecule has 0 amide bonds. The normalized spacial score (nSPS) is 12.1. The second-order valence-corrected chi connectivity index (χ2v) is 6.92. The molecular weight excluding hydrogens is 348 g/mol. The summed E-state index contributed by atoms with van der Waals surface area (Å²) in [5.41, 5.74) is 8.35. The molecule has 1 atom stereocenters. The Morgan fingerprint density at radius 1 is 1.23 bits per heavy atom. The Morgan fingerprint density at radius 3 is 2.69 bits per heavy atom. The molecule has 3 rings (SSSR count). The van der Waals surface area contributed by atoms with Crippen molar-refractivity contribution in [2.75, 3.05) is 25.4 Å². The first kappa shape index (κ1) is 18.3. The predicted octanol–water partition coefficient (Wildman–Crippen LogP) is 2.80. The standard InChI is InChI=1S/C19H22N4O2S/c1-13-23-17(12-26-13)14-2-5-16(6-3-14)25-9-8-21-11-18(24)15-4-7-19(20)22-10-15/h2-7,10,12,18,21,24H,8-9,11H2,1H3,(H2,20,22)/t18-/m0/s1. The summed E-state index contributed by atoms with van der Waals surface area (Å²) in [4.78, 5) is 8.45. The second-order valence-electron chi connectivity index (χ2n) is 5.86. The molecule has 26 heavy (non-hydrogen) atoms. The zero-order valence-electron chi connectivity index (χ0n) is 14.6. The van der Waals surface area contributed by atoms with Crippen molar-refractivity contribution in [1.29, 1.82) is 0 Å². The minimum Gasteiger partial charge on any atom is -0.492 e. The third-order valence-corrected chi connectivity index (χ3v) is 4.62. The summed E-state index contributed by atoms with van der Waals surface area (Å²) >= 11 is 1.64. The van der Waals surface area contributed by atoms with Gasteiger partial charge in [0.05, 0.1) is 16.8 Å². The van der Waals surface area contributed by atoms with Crippen molar-refractivity contribution in [2.45, 2.75) is 13.0 Å². The van der Waals surface area contributed by atoms with Crippen LogP contribution in [0.1, 0.15) is 16.7 Å². The van der Waals surface area contributed by atoms with E-state index >= 15 is 0 Å². The van der Waals surface area contributed by atoms with E-state index in [1.54, 1.807) is 29.7 Å². The summed E-state index contributed by atoms with van der Waals surface area (Å²) in [7, 11) is 0. The molecule has 0 aliphatic heterocycles. The molecule has 0 aliphatic carbocycles. The number of benzene rings is 1. The number of nitrogens with one attached hydrogen (secondary N) is 1. The quantitative estimate of drug-likeness (QED) is 0.528. The van der Waals surface area contributed by atoms with Gasteiger partial charge < -0.3 is 20.9 Å². The topological polar surface area (TPSA) is 93.3 Å². The SMILES string of the molecule is Cc1nc(-c2ccc(OCCNC[C@H](O)c3ccc(N)nc3)cc2)cs1. The predicted molar refractivity (Wildman–Crippen MR) is 104 cm³/mol. The first-order valence-corrected chi connectivity index (χ1v) is 9.25. The fourth-order valence-electron chi connectivity index (χ4n) is 2.43.